The van der Waals surface area contributed by atoms with Gasteiger partial charge in [0.15, 0.2) is 6.04 Å². The number of fused-ring (bicyclic) bond motifs is 1. The van der Waals surface area contributed by atoms with Crippen LogP contribution in [0, 0.1) is 5.82 Å². The Kier molecular flexibility index (Phi) is 6.45. The molecule has 4 rings (SSSR count). The van der Waals surface area contributed by atoms with Gasteiger partial charge in [-0.3, -0.25) is 9.59 Å². The number of hydrogen-bond acceptors (Lipinski definition) is 5. The zero-order valence-corrected chi connectivity index (χ0v) is 19.2. The van der Waals surface area contributed by atoms with Crippen molar-refractivity contribution in [3.8, 4) is 0 Å². The van der Waals surface area contributed by atoms with Crippen LogP contribution < -0.4 is 5.32 Å². The number of para-hydroxylation sites is 1. The molecule has 8 nitrogen and oxygen atoms in total. The number of aromatic nitrogens is 3. The van der Waals surface area contributed by atoms with Crippen molar-refractivity contribution >= 4 is 22.8 Å². The van der Waals surface area contributed by atoms with Gasteiger partial charge in [-0.2, -0.15) is 0 Å². The molecule has 0 aliphatic carbocycles. The number of carbonyl (C=O) groups excluding carboxylic acids is 2. The lowest BCUT2D eigenvalue weighted by Gasteiger charge is -2.32. The second-order valence-corrected chi connectivity index (χ2v) is 9.04. The summed E-state index contributed by atoms with van der Waals surface area (Å²) in [5, 5.41) is 11.2. The largest absolute Gasteiger partial charge is 0.467 e. The van der Waals surface area contributed by atoms with E-state index < -0.39 is 11.6 Å². The number of amides is 2. The van der Waals surface area contributed by atoms with Gasteiger partial charge in [0.1, 0.15) is 23.6 Å². The topological polar surface area (TPSA) is 93.3 Å². The molecule has 0 radical (unpaired) electrons. The SMILES string of the molecule is CC(C)(C)NC(=O)[C@@H](c1ccco1)N(Cc1ccc(F)cc1)C(=O)Cn1nnc2ccccc21. The second kappa shape index (κ2) is 9.46. The highest BCUT2D eigenvalue weighted by Crippen LogP contribution is 2.26. The third kappa shape index (κ3) is 5.31. The van der Waals surface area contributed by atoms with Crippen LogP contribution >= 0.6 is 0 Å². The van der Waals surface area contributed by atoms with Crippen LogP contribution in [0.1, 0.15) is 38.1 Å². The Hall–Kier alpha value is -4.01. The first-order valence-electron chi connectivity index (χ1n) is 10.9. The summed E-state index contributed by atoms with van der Waals surface area (Å²) in [5.74, 6) is -0.823. The highest BCUT2D eigenvalue weighted by Gasteiger charge is 2.35. The number of furan rings is 1. The van der Waals surface area contributed by atoms with Crippen molar-refractivity contribution < 1.29 is 18.4 Å². The lowest BCUT2D eigenvalue weighted by molar-refractivity contribution is -0.143. The van der Waals surface area contributed by atoms with Gasteiger partial charge in [-0.25, -0.2) is 9.07 Å². The van der Waals surface area contributed by atoms with Crippen LogP contribution in [0.2, 0.25) is 0 Å². The van der Waals surface area contributed by atoms with Crippen LogP contribution in [0.3, 0.4) is 0 Å². The van der Waals surface area contributed by atoms with Crippen molar-refractivity contribution in [1.82, 2.24) is 25.2 Å². The first-order valence-corrected chi connectivity index (χ1v) is 10.9. The van der Waals surface area contributed by atoms with Crippen LogP contribution in [0.25, 0.3) is 11.0 Å². The predicted octanol–water partition coefficient (Wildman–Crippen LogP) is 3.85. The Bertz CT molecular complexity index is 1280. The van der Waals surface area contributed by atoms with E-state index in [1.165, 1.54) is 28.0 Å². The van der Waals surface area contributed by atoms with Crippen molar-refractivity contribution in [2.75, 3.05) is 0 Å². The molecular weight excluding hydrogens is 437 g/mol. The van der Waals surface area contributed by atoms with E-state index in [0.29, 0.717) is 22.4 Å². The molecule has 1 N–H and O–H groups in total. The highest BCUT2D eigenvalue weighted by molar-refractivity contribution is 5.89. The van der Waals surface area contributed by atoms with Crippen molar-refractivity contribution in [3.05, 3.63) is 84.1 Å². The lowest BCUT2D eigenvalue weighted by atomic mass is 10.1. The van der Waals surface area contributed by atoms with Gasteiger partial charge in [0.25, 0.3) is 5.91 Å². The fourth-order valence-corrected chi connectivity index (χ4v) is 3.67. The fourth-order valence-electron chi connectivity index (χ4n) is 3.67. The first kappa shape index (κ1) is 23.2. The van der Waals surface area contributed by atoms with E-state index in [1.54, 1.807) is 24.3 Å². The highest BCUT2D eigenvalue weighted by atomic mass is 19.1. The number of nitrogens with one attached hydrogen (secondary N) is 1. The van der Waals surface area contributed by atoms with Gasteiger partial charge in [-0.1, -0.05) is 29.5 Å². The van der Waals surface area contributed by atoms with E-state index in [4.69, 9.17) is 4.42 Å². The van der Waals surface area contributed by atoms with E-state index in [-0.39, 0.29) is 30.7 Å². The monoisotopic (exact) mass is 463 g/mol. The molecule has 2 heterocycles. The van der Waals surface area contributed by atoms with Crippen molar-refractivity contribution in [2.45, 2.75) is 45.4 Å². The second-order valence-electron chi connectivity index (χ2n) is 9.04. The zero-order valence-electron chi connectivity index (χ0n) is 19.2. The molecule has 2 amide bonds. The van der Waals surface area contributed by atoms with Gasteiger partial charge in [-0.15, -0.1) is 5.10 Å². The minimum Gasteiger partial charge on any atom is -0.467 e. The van der Waals surface area contributed by atoms with Crippen molar-refractivity contribution in [3.63, 3.8) is 0 Å². The first-order chi connectivity index (χ1) is 16.2. The number of nitrogens with zero attached hydrogens (tertiary/aromatic N) is 4. The summed E-state index contributed by atoms with van der Waals surface area (Å²) in [6.07, 6.45) is 1.46. The maximum Gasteiger partial charge on any atom is 0.251 e. The average Bonchev–Trinajstić information content (AvgIpc) is 3.44. The Morgan fingerprint density at radius 2 is 1.82 bits per heavy atom. The molecule has 9 heteroatoms. The summed E-state index contributed by atoms with van der Waals surface area (Å²) >= 11 is 0. The summed E-state index contributed by atoms with van der Waals surface area (Å²) in [7, 11) is 0. The van der Waals surface area contributed by atoms with Crippen molar-refractivity contribution in [2.24, 2.45) is 0 Å². The number of carbonyl (C=O) groups is 2. The summed E-state index contributed by atoms with van der Waals surface area (Å²) in [5.41, 5.74) is 1.49. The summed E-state index contributed by atoms with van der Waals surface area (Å²) in [6, 6.07) is 15.4. The Morgan fingerprint density at radius 3 is 2.50 bits per heavy atom. The Balaban J connectivity index is 1.72. The third-order valence-electron chi connectivity index (χ3n) is 5.16. The normalized spacial score (nSPS) is 12.5. The summed E-state index contributed by atoms with van der Waals surface area (Å²) in [4.78, 5) is 28.5. The molecule has 0 bridgehead atoms. The average molecular weight is 464 g/mol. The molecular formula is C25H26FN5O3. The molecule has 0 aliphatic rings. The van der Waals surface area contributed by atoms with Crippen LogP contribution in [0.15, 0.2) is 71.3 Å². The van der Waals surface area contributed by atoms with Crippen LogP contribution in [0.4, 0.5) is 4.39 Å². The molecule has 34 heavy (non-hydrogen) atoms. The molecule has 0 saturated carbocycles. The minimum absolute atomic E-state index is 0.0642. The lowest BCUT2D eigenvalue weighted by Crippen LogP contribution is -2.49. The summed E-state index contributed by atoms with van der Waals surface area (Å²) < 4.78 is 20.6. The smallest absolute Gasteiger partial charge is 0.251 e. The quantitative estimate of drug-likeness (QED) is 0.449. The predicted molar refractivity (Wildman–Crippen MR) is 124 cm³/mol. The van der Waals surface area contributed by atoms with Gasteiger partial charge in [-0.05, 0) is 62.7 Å². The van der Waals surface area contributed by atoms with Crippen LogP contribution in [0.5, 0.6) is 0 Å². The van der Waals surface area contributed by atoms with E-state index in [0.717, 1.165) is 0 Å². The fraction of sp³-hybridized carbons (Fsp3) is 0.280. The molecule has 0 saturated heterocycles. The van der Waals surface area contributed by atoms with E-state index in [9.17, 15) is 14.0 Å². The number of benzene rings is 2. The molecule has 2 aromatic carbocycles. The van der Waals surface area contributed by atoms with Crippen LogP contribution in [-0.2, 0) is 22.7 Å². The Labute approximate surface area is 196 Å². The van der Waals surface area contributed by atoms with E-state index in [1.807, 2.05) is 45.0 Å². The van der Waals surface area contributed by atoms with Gasteiger partial charge >= 0.3 is 0 Å². The standard InChI is InChI=1S/C25H26FN5O3/c1-25(2,3)27-24(33)23(21-9-6-14-34-21)30(15-17-10-12-18(26)13-11-17)22(32)16-31-20-8-5-4-7-19(20)28-29-31/h4-14,23H,15-16H2,1-3H3,(H,27,33)/t23-/m1/s1. The zero-order chi connectivity index (χ0) is 24.3. The molecule has 4 aromatic rings. The molecule has 1 atom stereocenters. The van der Waals surface area contributed by atoms with Crippen molar-refractivity contribution in [1.29, 1.82) is 0 Å². The van der Waals surface area contributed by atoms with Gasteiger partial charge in [0, 0.05) is 12.1 Å². The van der Waals surface area contributed by atoms with E-state index >= 15 is 0 Å². The van der Waals surface area contributed by atoms with Gasteiger partial charge < -0.3 is 14.6 Å². The Morgan fingerprint density at radius 1 is 1.09 bits per heavy atom. The number of rotatable bonds is 7. The van der Waals surface area contributed by atoms with Gasteiger partial charge in [0.05, 0.1) is 11.8 Å². The maximum absolute atomic E-state index is 13.7. The third-order valence-corrected chi connectivity index (χ3v) is 5.16. The summed E-state index contributed by atoms with van der Waals surface area (Å²) in [6.45, 7) is 5.50. The minimum atomic E-state index is -1.04. The number of halogens is 1. The van der Waals surface area contributed by atoms with E-state index in [2.05, 4.69) is 15.6 Å². The molecule has 176 valence electrons. The molecule has 0 aliphatic heterocycles. The molecule has 0 fully saturated rings. The maximum atomic E-state index is 13.7. The van der Waals surface area contributed by atoms with Crippen LogP contribution in [-0.4, -0.2) is 37.2 Å². The molecule has 0 unspecified atom stereocenters. The molecule has 0 spiro atoms. The van der Waals surface area contributed by atoms with Gasteiger partial charge in [0.2, 0.25) is 5.91 Å². The number of hydrogen-bond donors (Lipinski definition) is 1. The molecule has 2 aromatic heterocycles.